The lowest BCUT2D eigenvalue weighted by Gasteiger charge is -2.02. The molecule has 1 aromatic rings. The highest BCUT2D eigenvalue weighted by atomic mass is 16.5. The van der Waals surface area contributed by atoms with Crippen LogP contribution < -0.4 is 5.32 Å². The molecular formula is C10H13NO4. The second kappa shape index (κ2) is 5.85. The third-order valence-electron chi connectivity index (χ3n) is 1.82. The van der Waals surface area contributed by atoms with E-state index in [1.54, 1.807) is 12.1 Å². The van der Waals surface area contributed by atoms with Gasteiger partial charge in [-0.15, -0.1) is 0 Å². The minimum atomic E-state index is -0.386. The van der Waals surface area contributed by atoms with Gasteiger partial charge in [-0.2, -0.15) is 0 Å². The summed E-state index contributed by atoms with van der Waals surface area (Å²) in [6.45, 7) is 0.340. The van der Waals surface area contributed by atoms with Crippen molar-refractivity contribution in [3.8, 4) is 0 Å². The zero-order valence-corrected chi connectivity index (χ0v) is 8.49. The van der Waals surface area contributed by atoms with Crippen molar-refractivity contribution in [3.63, 3.8) is 0 Å². The third kappa shape index (κ3) is 4.30. The summed E-state index contributed by atoms with van der Waals surface area (Å²) in [5, 5.41) is 2.62. The van der Waals surface area contributed by atoms with Crippen LogP contribution in [0.15, 0.2) is 22.8 Å². The first-order valence-electron chi connectivity index (χ1n) is 4.58. The van der Waals surface area contributed by atoms with Crippen LogP contribution in [0.3, 0.4) is 0 Å². The van der Waals surface area contributed by atoms with Crippen LogP contribution in [0.25, 0.3) is 0 Å². The molecule has 0 bridgehead atoms. The lowest BCUT2D eigenvalue weighted by atomic mass is 10.3. The summed E-state index contributed by atoms with van der Waals surface area (Å²) in [4.78, 5) is 21.9. The van der Waals surface area contributed by atoms with Crippen LogP contribution in [-0.4, -0.2) is 19.0 Å². The van der Waals surface area contributed by atoms with E-state index in [2.05, 4.69) is 10.1 Å². The maximum Gasteiger partial charge on any atom is 0.306 e. The number of rotatable bonds is 5. The maximum absolute atomic E-state index is 11.2. The van der Waals surface area contributed by atoms with Crippen molar-refractivity contribution in [1.82, 2.24) is 5.32 Å². The third-order valence-corrected chi connectivity index (χ3v) is 1.82. The molecule has 0 unspecified atom stereocenters. The molecule has 0 saturated carbocycles. The Bertz CT molecular complexity index is 318. The van der Waals surface area contributed by atoms with Gasteiger partial charge in [-0.3, -0.25) is 9.59 Å². The van der Waals surface area contributed by atoms with Crippen LogP contribution in [0, 0.1) is 0 Å². The standard InChI is InChI=1S/C10H13NO4/c1-14-10(13)5-4-9(12)11-7-8-3-2-6-15-8/h2-3,6H,4-5,7H2,1H3,(H,11,12). The lowest BCUT2D eigenvalue weighted by molar-refractivity contribution is -0.142. The van der Waals surface area contributed by atoms with E-state index >= 15 is 0 Å². The molecule has 0 aromatic carbocycles. The average molecular weight is 211 g/mol. The molecule has 82 valence electrons. The molecule has 1 aromatic heterocycles. The molecule has 5 heteroatoms. The van der Waals surface area contributed by atoms with Crippen molar-refractivity contribution in [1.29, 1.82) is 0 Å². The number of ether oxygens (including phenoxy) is 1. The minimum absolute atomic E-state index is 0.0977. The van der Waals surface area contributed by atoms with Crippen LogP contribution in [0.1, 0.15) is 18.6 Å². The van der Waals surface area contributed by atoms with Gasteiger partial charge in [-0.25, -0.2) is 0 Å². The monoisotopic (exact) mass is 211 g/mol. The predicted octanol–water partition coefficient (Wildman–Crippen LogP) is 0.849. The Labute approximate surface area is 87.4 Å². The number of hydrogen-bond donors (Lipinski definition) is 1. The second-order valence-electron chi connectivity index (χ2n) is 2.93. The molecule has 1 heterocycles. The van der Waals surface area contributed by atoms with E-state index in [0.29, 0.717) is 12.3 Å². The number of methoxy groups -OCH3 is 1. The number of hydrogen-bond acceptors (Lipinski definition) is 4. The minimum Gasteiger partial charge on any atom is -0.469 e. The average Bonchev–Trinajstić information content (AvgIpc) is 2.75. The predicted molar refractivity (Wildman–Crippen MR) is 51.8 cm³/mol. The summed E-state index contributed by atoms with van der Waals surface area (Å²) in [6, 6.07) is 3.51. The Kier molecular flexibility index (Phi) is 4.40. The van der Waals surface area contributed by atoms with E-state index in [-0.39, 0.29) is 24.7 Å². The summed E-state index contributed by atoms with van der Waals surface area (Å²) < 4.78 is 9.44. The van der Waals surface area contributed by atoms with E-state index in [0.717, 1.165) is 0 Å². The molecule has 0 radical (unpaired) electrons. The molecule has 0 atom stereocenters. The quantitative estimate of drug-likeness (QED) is 0.733. The van der Waals surface area contributed by atoms with Gasteiger partial charge in [0.15, 0.2) is 0 Å². The first kappa shape index (κ1) is 11.3. The van der Waals surface area contributed by atoms with Crippen LogP contribution in [0.2, 0.25) is 0 Å². The number of furan rings is 1. The lowest BCUT2D eigenvalue weighted by Crippen LogP contribution is -2.23. The molecule has 0 aliphatic heterocycles. The number of esters is 1. The molecule has 5 nitrogen and oxygen atoms in total. The largest absolute Gasteiger partial charge is 0.469 e. The van der Waals surface area contributed by atoms with Gasteiger partial charge >= 0.3 is 5.97 Å². The molecule has 0 fully saturated rings. The van der Waals surface area contributed by atoms with Crippen molar-refractivity contribution < 1.29 is 18.7 Å². The Morgan fingerprint density at radius 2 is 2.27 bits per heavy atom. The fourth-order valence-corrected chi connectivity index (χ4v) is 1.00. The van der Waals surface area contributed by atoms with E-state index < -0.39 is 0 Å². The van der Waals surface area contributed by atoms with E-state index in [9.17, 15) is 9.59 Å². The normalized spacial score (nSPS) is 9.67. The summed E-state index contributed by atoms with van der Waals surface area (Å²) in [5.41, 5.74) is 0. The Morgan fingerprint density at radius 1 is 1.47 bits per heavy atom. The summed E-state index contributed by atoms with van der Waals surface area (Å²) in [6.07, 6.45) is 1.77. The molecular weight excluding hydrogens is 198 g/mol. The number of amides is 1. The van der Waals surface area contributed by atoms with Gasteiger partial charge in [-0.1, -0.05) is 0 Å². The molecule has 15 heavy (non-hydrogen) atoms. The van der Waals surface area contributed by atoms with E-state index in [1.165, 1.54) is 13.4 Å². The van der Waals surface area contributed by atoms with Gasteiger partial charge in [-0.05, 0) is 12.1 Å². The molecule has 0 spiro atoms. The van der Waals surface area contributed by atoms with Gasteiger partial charge < -0.3 is 14.5 Å². The highest BCUT2D eigenvalue weighted by molar-refractivity contribution is 5.81. The Morgan fingerprint density at radius 3 is 2.87 bits per heavy atom. The maximum atomic E-state index is 11.2. The van der Waals surface area contributed by atoms with Crippen LogP contribution >= 0.6 is 0 Å². The molecule has 0 aliphatic carbocycles. The number of carbonyl (C=O) groups is 2. The van der Waals surface area contributed by atoms with E-state index in [1.807, 2.05) is 0 Å². The van der Waals surface area contributed by atoms with Crippen LogP contribution in [0.4, 0.5) is 0 Å². The first-order chi connectivity index (χ1) is 7.22. The van der Waals surface area contributed by atoms with Crippen molar-refractivity contribution in [3.05, 3.63) is 24.2 Å². The van der Waals surface area contributed by atoms with Gasteiger partial charge in [0, 0.05) is 6.42 Å². The zero-order chi connectivity index (χ0) is 11.1. The summed E-state index contributed by atoms with van der Waals surface area (Å²) in [5.74, 6) is 0.0985. The summed E-state index contributed by atoms with van der Waals surface area (Å²) >= 11 is 0. The number of carbonyl (C=O) groups excluding carboxylic acids is 2. The highest BCUT2D eigenvalue weighted by Gasteiger charge is 2.06. The van der Waals surface area contributed by atoms with Crippen molar-refractivity contribution in [2.45, 2.75) is 19.4 Å². The molecule has 0 saturated heterocycles. The molecule has 0 aliphatic rings. The molecule has 1 N–H and O–H groups in total. The van der Waals surface area contributed by atoms with Crippen LogP contribution in [0.5, 0.6) is 0 Å². The number of nitrogens with one attached hydrogen (secondary N) is 1. The Hall–Kier alpha value is -1.78. The van der Waals surface area contributed by atoms with E-state index in [4.69, 9.17) is 4.42 Å². The van der Waals surface area contributed by atoms with Gasteiger partial charge in [0.05, 0.1) is 26.3 Å². The fourth-order valence-electron chi connectivity index (χ4n) is 1.00. The second-order valence-corrected chi connectivity index (χ2v) is 2.93. The first-order valence-corrected chi connectivity index (χ1v) is 4.58. The smallest absolute Gasteiger partial charge is 0.306 e. The zero-order valence-electron chi connectivity index (χ0n) is 8.49. The highest BCUT2D eigenvalue weighted by Crippen LogP contribution is 1.99. The van der Waals surface area contributed by atoms with Gasteiger partial charge in [0.1, 0.15) is 5.76 Å². The van der Waals surface area contributed by atoms with Gasteiger partial charge in [0.2, 0.25) is 5.91 Å². The summed E-state index contributed by atoms with van der Waals surface area (Å²) in [7, 11) is 1.29. The van der Waals surface area contributed by atoms with Crippen molar-refractivity contribution >= 4 is 11.9 Å². The molecule has 1 rings (SSSR count). The van der Waals surface area contributed by atoms with Crippen molar-refractivity contribution in [2.75, 3.05) is 7.11 Å². The fraction of sp³-hybridized carbons (Fsp3) is 0.400. The Balaban J connectivity index is 2.16. The van der Waals surface area contributed by atoms with Crippen LogP contribution in [-0.2, 0) is 20.9 Å². The topological polar surface area (TPSA) is 68.5 Å². The van der Waals surface area contributed by atoms with Crippen molar-refractivity contribution in [2.24, 2.45) is 0 Å². The van der Waals surface area contributed by atoms with Gasteiger partial charge in [0.25, 0.3) is 0 Å². The molecule has 1 amide bonds. The SMILES string of the molecule is COC(=O)CCC(=O)NCc1ccco1.